The lowest BCUT2D eigenvalue weighted by Crippen LogP contribution is -2.46. The van der Waals surface area contributed by atoms with Crippen LogP contribution in [-0.4, -0.2) is 55.8 Å². The number of aliphatic hydroxyl groups is 1. The number of hydrogen-bond acceptors (Lipinski definition) is 5. The van der Waals surface area contributed by atoms with E-state index in [9.17, 15) is 14.7 Å². The maximum Gasteiger partial charge on any atom is 0.326 e. The van der Waals surface area contributed by atoms with Crippen molar-refractivity contribution in [2.75, 3.05) is 6.54 Å². The second-order valence-electron chi connectivity index (χ2n) is 4.70. The van der Waals surface area contributed by atoms with Gasteiger partial charge in [-0.05, 0) is 6.92 Å². The number of aliphatic hydroxyl groups excluding tert-OH is 1. The fourth-order valence-corrected chi connectivity index (χ4v) is 2.05. The van der Waals surface area contributed by atoms with Gasteiger partial charge in [-0.3, -0.25) is 9.97 Å². The third kappa shape index (κ3) is 3.21. The molecular weight excluding hydrogens is 264 g/mol. The van der Waals surface area contributed by atoms with E-state index in [1.165, 1.54) is 0 Å². The average molecular weight is 280 g/mol. The molecule has 2 heterocycles. The standard InChI is InChI=1S/C12H16N4O4/c1-7-3-14-8(4-13-7)5-15-12(20)16-6-9(17)2-10(16)11(18)19/h3-4,9-10,17H,2,5-6H2,1H3,(H,15,20)(H,18,19)/t9-,10+/m1/s1. The van der Waals surface area contributed by atoms with E-state index < -0.39 is 24.1 Å². The summed E-state index contributed by atoms with van der Waals surface area (Å²) in [4.78, 5) is 32.2. The molecule has 1 aliphatic heterocycles. The van der Waals surface area contributed by atoms with Crippen LogP contribution in [0.3, 0.4) is 0 Å². The van der Waals surface area contributed by atoms with Crippen molar-refractivity contribution in [1.82, 2.24) is 20.2 Å². The Hall–Kier alpha value is -2.22. The molecule has 0 bridgehead atoms. The van der Waals surface area contributed by atoms with Crippen molar-refractivity contribution in [3.8, 4) is 0 Å². The summed E-state index contributed by atoms with van der Waals surface area (Å²) in [7, 11) is 0. The Kier molecular flexibility index (Phi) is 4.14. The van der Waals surface area contributed by atoms with Crippen LogP contribution in [0.4, 0.5) is 4.79 Å². The molecule has 2 rings (SSSR count). The second kappa shape index (κ2) is 5.83. The highest BCUT2D eigenvalue weighted by molar-refractivity contribution is 5.83. The van der Waals surface area contributed by atoms with Crippen molar-refractivity contribution in [2.45, 2.75) is 32.0 Å². The molecule has 108 valence electrons. The highest BCUT2D eigenvalue weighted by Gasteiger charge is 2.38. The molecule has 0 spiro atoms. The molecule has 1 aliphatic rings. The molecule has 0 radical (unpaired) electrons. The number of carbonyl (C=O) groups excluding carboxylic acids is 1. The number of aliphatic carboxylic acids is 1. The van der Waals surface area contributed by atoms with Crippen molar-refractivity contribution in [1.29, 1.82) is 0 Å². The lowest BCUT2D eigenvalue weighted by molar-refractivity contribution is -0.141. The molecule has 3 N–H and O–H groups in total. The fraction of sp³-hybridized carbons (Fsp3) is 0.500. The summed E-state index contributed by atoms with van der Waals surface area (Å²) in [6.45, 7) is 1.98. The number of amides is 2. The minimum atomic E-state index is -1.12. The molecule has 0 unspecified atom stereocenters. The zero-order valence-electron chi connectivity index (χ0n) is 11.0. The molecule has 2 amide bonds. The van der Waals surface area contributed by atoms with E-state index in [-0.39, 0.29) is 19.5 Å². The maximum absolute atomic E-state index is 11.9. The number of carbonyl (C=O) groups is 2. The van der Waals surface area contributed by atoms with Gasteiger partial charge in [0.2, 0.25) is 0 Å². The summed E-state index contributed by atoms with van der Waals surface area (Å²) in [6.07, 6.45) is 2.37. The monoisotopic (exact) mass is 280 g/mol. The number of β-amino-alcohol motifs (C(OH)–C–C–N with tert-alkyl or cyclic N) is 1. The number of nitrogens with zero attached hydrogens (tertiary/aromatic N) is 3. The smallest absolute Gasteiger partial charge is 0.326 e. The number of aromatic nitrogens is 2. The van der Waals surface area contributed by atoms with E-state index in [4.69, 9.17) is 5.11 Å². The minimum Gasteiger partial charge on any atom is -0.480 e. The van der Waals surface area contributed by atoms with Gasteiger partial charge < -0.3 is 20.4 Å². The first-order chi connectivity index (χ1) is 9.47. The van der Waals surface area contributed by atoms with Crippen LogP contribution in [0, 0.1) is 6.92 Å². The zero-order chi connectivity index (χ0) is 14.7. The van der Waals surface area contributed by atoms with E-state index in [2.05, 4.69) is 15.3 Å². The van der Waals surface area contributed by atoms with Crippen molar-refractivity contribution in [3.05, 3.63) is 23.8 Å². The number of carboxylic acids is 1. The number of urea groups is 1. The van der Waals surface area contributed by atoms with Crippen LogP contribution >= 0.6 is 0 Å². The van der Waals surface area contributed by atoms with Crippen LogP contribution < -0.4 is 5.32 Å². The fourth-order valence-electron chi connectivity index (χ4n) is 2.05. The van der Waals surface area contributed by atoms with Gasteiger partial charge in [0.15, 0.2) is 0 Å². The number of rotatable bonds is 3. The van der Waals surface area contributed by atoms with Gasteiger partial charge in [-0.1, -0.05) is 0 Å². The van der Waals surface area contributed by atoms with Crippen molar-refractivity contribution in [2.24, 2.45) is 0 Å². The van der Waals surface area contributed by atoms with Crippen LogP contribution in [0.25, 0.3) is 0 Å². The number of carboxylic acid groups (broad SMARTS) is 1. The molecule has 2 atom stereocenters. The molecular formula is C12H16N4O4. The van der Waals surface area contributed by atoms with Crippen molar-refractivity contribution < 1.29 is 19.8 Å². The van der Waals surface area contributed by atoms with Crippen LogP contribution in [0.15, 0.2) is 12.4 Å². The molecule has 8 heteroatoms. The largest absolute Gasteiger partial charge is 0.480 e. The predicted octanol–water partition coefficient (Wildman–Crippen LogP) is -0.486. The third-order valence-corrected chi connectivity index (χ3v) is 3.08. The molecule has 0 aliphatic carbocycles. The van der Waals surface area contributed by atoms with Gasteiger partial charge in [0.1, 0.15) is 6.04 Å². The lowest BCUT2D eigenvalue weighted by atomic mass is 10.2. The summed E-state index contributed by atoms with van der Waals surface area (Å²) in [6, 6.07) is -1.52. The first kappa shape index (κ1) is 14.2. The van der Waals surface area contributed by atoms with Gasteiger partial charge in [0.25, 0.3) is 0 Å². The predicted molar refractivity (Wildman–Crippen MR) is 67.8 cm³/mol. The molecule has 0 aromatic carbocycles. The van der Waals surface area contributed by atoms with Crippen LogP contribution in [0.2, 0.25) is 0 Å². The first-order valence-corrected chi connectivity index (χ1v) is 6.20. The zero-order valence-corrected chi connectivity index (χ0v) is 11.0. The SMILES string of the molecule is Cc1cnc(CNC(=O)N2C[C@H](O)C[C@H]2C(=O)O)cn1. The number of aryl methyl sites for hydroxylation is 1. The van der Waals surface area contributed by atoms with E-state index in [1.54, 1.807) is 19.3 Å². The van der Waals surface area contributed by atoms with Gasteiger partial charge >= 0.3 is 12.0 Å². The van der Waals surface area contributed by atoms with Crippen LogP contribution in [-0.2, 0) is 11.3 Å². The van der Waals surface area contributed by atoms with E-state index in [0.717, 1.165) is 10.6 Å². The maximum atomic E-state index is 11.9. The Labute approximate surface area is 115 Å². The van der Waals surface area contributed by atoms with Crippen molar-refractivity contribution in [3.63, 3.8) is 0 Å². The first-order valence-electron chi connectivity index (χ1n) is 6.20. The van der Waals surface area contributed by atoms with Crippen LogP contribution in [0.1, 0.15) is 17.8 Å². The molecule has 0 saturated carbocycles. The van der Waals surface area contributed by atoms with Gasteiger partial charge in [-0.15, -0.1) is 0 Å². The molecule has 8 nitrogen and oxygen atoms in total. The summed E-state index contributed by atoms with van der Waals surface area (Å²) < 4.78 is 0. The van der Waals surface area contributed by atoms with Crippen molar-refractivity contribution >= 4 is 12.0 Å². The number of hydrogen-bond donors (Lipinski definition) is 3. The lowest BCUT2D eigenvalue weighted by Gasteiger charge is -2.21. The summed E-state index contributed by atoms with van der Waals surface area (Å²) in [5.74, 6) is -1.12. The average Bonchev–Trinajstić information content (AvgIpc) is 2.80. The highest BCUT2D eigenvalue weighted by atomic mass is 16.4. The quantitative estimate of drug-likeness (QED) is 0.688. The summed E-state index contributed by atoms with van der Waals surface area (Å²) in [5, 5.41) is 21.1. The Morgan fingerprint density at radius 1 is 1.45 bits per heavy atom. The van der Waals surface area contributed by atoms with Gasteiger partial charge in [0.05, 0.1) is 30.2 Å². The number of nitrogens with one attached hydrogen (secondary N) is 1. The molecule has 1 aromatic heterocycles. The van der Waals surface area contributed by atoms with E-state index in [1.807, 2.05) is 0 Å². The van der Waals surface area contributed by atoms with E-state index in [0.29, 0.717) is 5.69 Å². The Bertz CT molecular complexity index is 505. The Balaban J connectivity index is 1.94. The highest BCUT2D eigenvalue weighted by Crippen LogP contribution is 2.18. The van der Waals surface area contributed by atoms with Crippen LogP contribution in [0.5, 0.6) is 0 Å². The van der Waals surface area contributed by atoms with Gasteiger partial charge in [0, 0.05) is 19.2 Å². The van der Waals surface area contributed by atoms with Gasteiger partial charge in [-0.2, -0.15) is 0 Å². The summed E-state index contributed by atoms with van der Waals surface area (Å²) in [5.41, 5.74) is 1.35. The Morgan fingerprint density at radius 2 is 2.20 bits per heavy atom. The Morgan fingerprint density at radius 3 is 2.80 bits per heavy atom. The van der Waals surface area contributed by atoms with E-state index >= 15 is 0 Å². The molecule has 1 saturated heterocycles. The molecule has 1 fully saturated rings. The number of likely N-dealkylation sites (tertiary alicyclic amines) is 1. The topological polar surface area (TPSA) is 116 Å². The summed E-state index contributed by atoms with van der Waals surface area (Å²) >= 11 is 0. The van der Waals surface area contributed by atoms with Gasteiger partial charge in [-0.25, -0.2) is 9.59 Å². The minimum absolute atomic E-state index is 0.0162. The molecule has 20 heavy (non-hydrogen) atoms. The normalized spacial score (nSPS) is 21.8. The third-order valence-electron chi connectivity index (χ3n) is 3.08. The molecule has 1 aromatic rings. The second-order valence-corrected chi connectivity index (χ2v) is 4.70.